The minimum atomic E-state index is 0.258. The summed E-state index contributed by atoms with van der Waals surface area (Å²) in [7, 11) is 0. The Bertz CT molecular complexity index is 311. The van der Waals surface area contributed by atoms with Crippen LogP contribution in [0.5, 0.6) is 0 Å². The SMILES string of the molecule is C1COC(CC(CC2CCCO2)(CC2CCCO2)CC2CCCO2)C1. The predicted molar refractivity (Wildman–Crippen MR) is 96.8 cm³/mol. The molecule has 4 saturated heterocycles. The van der Waals surface area contributed by atoms with Crippen LogP contribution in [0.1, 0.15) is 77.0 Å². The molecule has 0 radical (unpaired) electrons. The van der Waals surface area contributed by atoms with Gasteiger partial charge in [-0.1, -0.05) is 0 Å². The van der Waals surface area contributed by atoms with E-state index in [0.717, 1.165) is 26.4 Å². The molecular formula is C21H36O4. The molecule has 4 atom stereocenters. The second-order valence-corrected chi connectivity index (χ2v) is 8.86. The first kappa shape index (κ1) is 18.2. The van der Waals surface area contributed by atoms with E-state index in [1.807, 2.05) is 0 Å². The molecule has 4 heterocycles. The molecule has 25 heavy (non-hydrogen) atoms. The number of hydrogen-bond donors (Lipinski definition) is 0. The van der Waals surface area contributed by atoms with Crippen molar-refractivity contribution in [3.05, 3.63) is 0 Å². The van der Waals surface area contributed by atoms with Gasteiger partial charge in [-0.3, -0.25) is 0 Å². The molecule has 4 aliphatic heterocycles. The summed E-state index contributed by atoms with van der Waals surface area (Å²) in [6, 6.07) is 0. The summed E-state index contributed by atoms with van der Waals surface area (Å²) in [5, 5.41) is 0. The Balaban J connectivity index is 1.50. The fourth-order valence-electron chi connectivity index (χ4n) is 5.65. The normalized spacial score (nSPS) is 38.4. The van der Waals surface area contributed by atoms with Crippen LogP contribution in [-0.4, -0.2) is 50.8 Å². The minimum absolute atomic E-state index is 0.258. The van der Waals surface area contributed by atoms with Crippen LogP contribution >= 0.6 is 0 Å². The molecule has 4 aliphatic rings. The van der Waals surface area contributed by atoms with Crippen LogP contribution in [0.3, 0.4) is 0 Å². The number of hydrogen-bond acceptors (Lipinski definition) is 4. The van der Waals surface area contributed by atoms with Crippen LogP contribution in [0, 0.1) is 5.41 Å². The molecule has 4 rings (SSSR count). The highest BCUT2D eigenvalue weighted by molar-refractivity contribution is 4.93. The summed E-state index contributed by atoms with van der Waals surface area (Å²) in [6.45, 7) is 3.78. The van der Waals surface area contributed by atoms with Gasteiger partial charge in [0.2, 0.25) is 0 Å². The number of ether oxygens (including phenoxy) is 4. The van der Waals surface area contributed by atoms with Gasteiger partial charge in [0.1, 0.15) is 0 Å². The fourth-order valence-corrected chi connectivity index (χ4v) is 5.65. The zero-order valence-corrected chi connectivity index (χ0v) is 15.8. The molecule has 4 nitrogen and oxygen atoms in total. The second-order valence-electron chi connectivity index (χ2n) is 8.86. The maximum Gasteiger partial charge on any atom is 0.0581 e. The summed E-state index contributed by atoms with van der Waals surface area (Å²) in [5.74, 6) is 0. The zero-order valence-electron chi connectivity index (χ0n) is 15.8. The molecule has 0 bridgehead atoms. The molecule has 0 amide bonds. The average molecular weight is 353 g/mol. The van der Waals surface area contributed by atoms with Crippen LogP contribution in [-0.2, 0) is 18.9 Å². The largest absolute Gasteiger partial charge is 0.378 e. The zero-order chi connectivity index (χ0) is 17.0. The van der Waals surface area contributed by atoms with Crippen LogP contribution in [0.15, 0.2) is 0 Å². The van der Waals surface area contributed by atoms with Gasteiger partial charge < -0.3 is 18.9 Å². The molecule has 144 valence electrons. The summed E-state index contributed by atoms with van der Waals surface area (Å²) < 4.78 is 24.3. The fraction of sp³-hybridized carbons (Fsp3) is 1.00. The van der Waals surface area contributed by atoms with Crippen molar-refractivity contribution in [3.63, 3.8) is 0 Å². The van der Waals surface area contributed by atoms with E-state index in [9.17, 15) is 0 Å². The van der Waals surface area contributed by atoms with E-state index in [1.54, 1.807) is 0 Å². The molecule has 0 aliphatic carbocycles. The first-order chi connectivity index (χ1) is 12.3. The molecular weight excluding hydrogens is 316 g/mol. The average Bonchev–Trinajstić information content (AvgIpc) is 3.37. The van der Waals surface area contributed by atoms with Crippen molar-refractivity contribution >= 4 is 0 Å². The van der Waals surface area contributed by atoms with Crippen molar-refractivity contribution < 1.29 is 18.9 Å². The van der Waals surface area contributed by atoms with Gasteiger partial charge in [0.05, 0.1) is 24.4 Å². The predicted octanol–water partition coefficient (Wildman–Crippen LogP) is 4.25. The van der Waals surface area contributed by atoms with Crippen LogP contribution in [0.25, 0.3) is 0 Å². The third-order valence-corrected chi connectivity index (χ3v) is 6.74. The van der Waals surface area contributed by atoms with Crippen LogP contribution < -0.4 is 0 Å². The first-order valence-electron chi connectivity index (χ1n) is 10.8. The summed E-state index contributed by atoms with van der Waals surface area (Å²) >= 11 is 0. The lowest BCUT2D eigenvalue weighted by atomic mass is 9.68. The molecule has 0 aromatic heterocycles. The molecule has 0 saturated carbocycles. The van der Waals surface area contributed by atoms with Gasteiger partial charge in [0, 0.05) is 26.4 Å². The minimum Gasteiger partial charge on any atom is -0.378 e. The van der Waals surface area contributed by atoms with Crippen molar-refractivity contribution in [2.75, 3.05) is 26.4 Å². The maximum absolute atomic E-state index is 6.08. The Morgan fingerprint density at radius 1 is 0.480 bits per heavy atom. The number of rotatable bonds is 8. The molecule has 4 unspecified atom stereocenters. The highest BCUT2D eigenvalue weighted by Gasteiger charge is 2.42. The van der Waals surface area contributed by atoms with Crippen molar-refractivity contribution in [1.29, 1.82) is 0 Å². The second kappa shape index (κ2) is 8.69. The lowest BCUT2D eigenvalue weighted by Crippen LogP contribution is -2.37. The lowest BCUT2D eigenvalue weighted by Gasteiger charge is -2.41. The summed E-state index contributed by atoms with van der Waals surface area (Å²) in [4.78, 5) is 0. The van der Waals surface area contributed by atoms with E-state index in [4.69, 9.17) is 18.9 Å². The third kappa shape index (κ3) is 4.97. The van der Waals surface area contributed by atoms with Crippen molar-refractivity contribution in [2.24, 2.45) is 5.41 Å². The van der Waals surface area contributed by atoms with Gasteiger partial charge in [0.15, 0.2) is 0 Å². The Hall–Kier alpha value is -0.160. The molecule has 0 aromatic rings. The van der Waals surface area contributed by atoms with E-state index in [1.165, 1.54) is 77.0 Å². The van der Waals surface area contributed by atoms with Gasteiger partial charge in [-0.25, -0.2) is 0 Å². The first-order valence-corrected chi connectivity index (χ1v) is 10.8. The van der Waals surface area contributed by atoms with Gasteiger partial charge in [-0.05, 0) is 82.5 Å². The van der Waals surface area contributed by atoms with Gasteiger partial charge >= 0.3 is 0 Å². The van der Waals surface area contributed by atoms with Crippen molar-refractivity contribution in [1.82, 2.24) is 0 Å². The quantitative estimate of drug-likeness (QED) is 0.654. The van der Waals surface area contributed by atoms with Crippen LogP contribution in [0.2, 0.25) is 0 Å². The molecule has 4 heteroatoms. The van der Waals surface area contributed by atoms with Crippen molar-refractivity contribution in [2.45, 2.75) is 101 Å². The smallest absolute Gasteiger partial charge is 0.0581 e. The third-order valence-electron chi connectivity index (χ3n) is 6.74. The molecule has 0 aromatic carbocycles. The van der Waals surface area contributed by atoms with Crippen molar-refractivity contribution in [3.8, 4) is 0 Å². The van der Waals surface area contributed by atoms with Gasteiger partial charge in [-0.2, -0.15) is 0 Å². The summed E-state index contributed by atoms with van der Waals surface area (Å²) in [5.41, 5.74) is 0.258. The van der Waals surface area contributed by atoms with Crippen LogP contribution in [0.4, 0.5) is 0 Å². The lowest BCUT2D eigenvalue weighted by molar-refractivity contribution is -0.0402. The molecule has 4 fully saturated rings. The van der Waals surface area contributed by atoms with E-state index in [2.05, 4.69) is 0 Å². The molecule has 0 N–H and O–H groups in total. The topological polar surface area (TPSA) is 36.9 Å². The summed E-state index contributed by atoms with van der Waals surface area (Å²) in [6.07, 6.45) is 16.2. The Labute approximate surface area is 152 Å². The Morgan fingerprint density at radius 3 is 0.960 bits per heavy atom. The molecule has 0 spiro atoms. The maximum atomic E-state index is 6.08. The van der Waals surface area contributed by atoms with E-state index in [-0.39, 0.29) is 5.41 Å². The monoisotopic (exact) mass is 352 g/mol. The Morgan fingerprint density at radius 2 is 0.760 bits per heavy atom. The van der Waals surface area contributed by atoms with E-state index in [0.29, 0.717) is 24.4 Å². The van der Waals surface area contributed by atoms with Gasteiger partial charge in [-0.15, -0.1) is 0 Å². The Kier molecular flexibility index (Phi) is 6.33. The van der Waals surface area contributed by atoms with E-state index >= 15 is 0 Å². The van der Waals surface area contributed by atoms with E-state index < -0.39 is 0 Å². The highest BCUT2D eigenvalue weighted by Crippen LogP contribution is 2.46. The standard InChI is InChI=1S/C21H36O4/c1-5-17(22-9-1)13-21(14-18-6-2-10-23-18,15-19-7-3-11-24-19)16-20-8-4-12-25-20/h17-20H,1-16H2. The highest BCUT2D eigenvalue weighted by atomic mass is 16.5. The van der Waals surface area contributed by atoms with Gasteiger partial charge in [0.25, 0.3) is 0 Å².